The lowest BCUT2D eigenvalue weighted by atomic mass is 10.3. The summed E-state index contributed by atoms with van der Waals surface area (Å²) in [5.74, 6) is -4.00. The lowest BCUT2D eigenvalue weighted by molar-refractivity contribution is 0.415. The first-order valence-electron chi connectivity index (χ1n) is 5.55. The van der Waals surface area contributed by atoms with E-state index in [9.17, 15) is 21.6 Å². The van der Waals surface area contributed by atoms with Crippen LogP contribution in [0.3, 0.4) is 0 Å². The third-order valence-electron chi connectivity index (χ3n) is 2.45. The Hall–Kier alpha value is -0.600. The summed E-state index contributed by atoms with van der Waals surface area (Å²) < 4.78 is 65.1. The van der Waals surface area contributed by atoms with Crippen molar-refractivity contribution in [3.05, 3.63) is 29.6 Å². The van der Waals surface area contributed by atoms with Crippen molar-refractivity contribution < 1.29 is 21.6 Å². The van der Waals surface area contributed by atoms with E-state index in [0.29, 0.717) is 23.9 Å². The van der Waals surface area contributed by atoms with Crippen molar-refractivity contribution in [3.63, 3.8) is 0 Å². The van der Waals surface area contributed by atoms with Crippen molar-refractivity contribution in [1.82, 2.24) is 4.31 Å². The molecule has 3 nitrogen and oxygen atoms in total. The number of rotatable bonds is 6. The maximum absolute atomic E-state index is 13.5. The maximum Gasteiger partial charge on any atom is 0.248 e. The van der Waals surface area contributed by atoms with E-state index in [0.717, 1.165) is 4.31 Å². The van der Waals surface area contributed by atoms with Crippen molar-refractivity contribution in [2.75, 3.05) is 18.4 Å². The van der Waals surface area contributed by atoms with E-state index in [2.05, 4.69) is 15.9 Å². The van der Waals surface area contributed by atoms with Gasteiger partial charge in [-0.2, -0.15) is 4.31 Å². The first-order chi connectivity index (χ1) is 8.84. The minimum Gasteiger partial charge on any atom is -0.207 e. The molecule has 0 amide bonds. The zero-order valence-corrected chi connectivity index (χ0v) is 12.6. The molecule has 1 aromatic carbocycles. The fourth-order valence-corrected chi connectivity index (χ4v) is 3.42. The van der Waals surface area contributed by atoms with Gasteiger partial charge in [0.1, 0.15) is 17.5 Å². The van der Waals surface area contributed by atoms with Gasteiger partial charge in [-0.05, 0) is 6.42 Å². The Morgan fingerprint density at radius 3 is 2.16 bits per heavy atom. The molecule has 0 aliphatic rings. The molecule has 0 aliphatic carbocycles. The van der Waals surface area contributed by atoms with Crippen LogP contribution in [0.2, 0.25) is 0 Å². The molecule has 0 N–H and O–H groups in total. The van der Waals surface area contributed by atoms with Crippen molar-refractivity contribution in [2.24, 2.45) is 0 Å². The van der Waals surface area contributed by atoms with E-state index in [1.54, 1.807) is 6.92 Å². The zero-order valence-electron chi connectivity index (χ0n) is 10.2. The van der Waals surface area contributed by atoms with Crippen molar-refractivity contribution >= 4 is 26.0 Å². The van der Waals surface area contributed by atoms with Crippen LogP contribution in [0.1, 0.15) is 13.3 Å². The van der Waals surface area contributed by atoms with Crippen LogP contribution < -0.4 is 0 Å². The van der Waals surface area contributed by atoms with Crippen LogP contribution in [0.15, 0.2) is 17.0 Å². The molecule has 0 spiro atoms. The molecular formula is C11H13BrF3NO2S. The Morgan fingerprint density at radius 1 is 1.21 bits per heavy atom. The Kier molecular flexibility index (Phi) is 5.82. The largest absolute Gasteiger partial charge is 0.248 e. The highest BCUT2D eigenvalue weighted by Crippen LogP contribution is 2.23. The lowest BCUT2D eigenvalue weighted by Gasteiger charge is -2.20. The highest BCUT2D eigenvalue weighted by molar-refractivity contribution is 9.09. The van der Waals surface area contributed by atoms with Gasteiger partial charge in [0, 0.05) is 30.6 Å². The molecule has 0 fully saturated rings. The summed E-state index contributed by atoms with van der Waals surface area (Å²) in [6.45, 7) is 1.76. The SMILES string of the molecule is CCN(CCCBr)S(=O)(=O)c1c(F)cc(F)cc1F. The standard InChI is InChI=1S/C11H13BrF3NO2S/c1-2-16(5-3-4-12)19(17,18)11-9(14)6-8(13)7-10(11)15/h6-7H,2-5H2,1H3. The molecule has 1 rings (SSSR count). The number of nitrogens with zero attached hydrogens (tertiary/aromatic N) is 1. The molecular weight excluding hydrogens is 347 g/mol. The van der Waals surface area contributed by atoms with Gasteiger partial charge >= 0.3 is 0 Å². The van der Waals surface area contributed by atoms with Gasteiger partial charge in [-0.3, -0.25) is 0 Å². The number of sulfonamides is 1. The van der Waals surface area contributed by atoms with Gasteiger partial charge in [0.15, 0.2) is 4.90 Å². The molecule has 0 unspecified atom stereocenters. The number of halogens is 4. The summed E-state index contributed by atoms with van der Waals surface area (Å²) >= 11 is 3.15. The number of hydrogen-bond donors (Lipinski definition) is 0. The predicted molar refractivity (Wildman–Crippen MR) is 69.2 cm³/mol. The first-order valence-corrected chi connectivity index (χ1v) is 8.11. The third kappa shape index (κ3) is 3.70. The molecule has 0 bridgehead atoms. The Labute approximate surface area is 118 Å². The van der Waals surface area contributed by atoms with Gasteiger partial charge in [0.05, 0.1) is 0 Å². The van der Waals surface area contributed by atoms with E-state index in [1.807, 2.05) is 0 Å². The summed E-state index contributed by atoms with van der Waals surface area (Å²) in [6.07, 6.45) is 0.498. The number of benzene rings is 1. The molecule has 8 heteroatoms. The van der Waals surface area contributed by atoms with Crippen LogP contribution in [0.25, 0.3) is 0 Å². The monoisotopic (exact) mass is 359 g/mol. The number of hydrogen-bond acceptors (Lipinski definition) is 2. The third-order valence-corrected chi connectivity index (χ3v) is 5.04. The van der Waals surface area contributed by atoms with Gasteiger partial charge in [0.25, 0.3) is 0 Å². The summed E-state index contributed by atoms with van der Waals surface area (Å²) in [5.41, 5.74) is 0. The molecule has 0 atom stereocenters. The lowest BCUT2D eigenvalue weighted by Crippen LogP contribution is -2.33. The molecule has 0 heterocycles. The molecule has 0 saturated heterocycles. The van der Waals surface area contributed by atoms with Crippen LogP contribution in [0.4, 0.5) is 13.2 Å². The van der Waals surface area contributed by atoms with E-state index >= 15 is 0 Å². The minimum absolute atomic E-state index is 0.0750. The van der Waals surface area contributed by atoms with Crippen molar-refractivity contribution in [2.45, 2.75) is 18.2 Å². The zero-order chi connectivity index (χ0) is 14.6. The summed E-state index contributed by atoms with van der Waals surface area (Å²) in [5, 5.41) is 0.563. The van der Waals surface area contributed by atoms with Crippen LogP contribution in [-0.2, 0) is 10.0 Å². The minimum atomic E-state index is -4.31. The van der Waals surface area contributed by atoms with Gasteiger partial charge in [-0.1, -0.05) is 22.9 Å². The highest BCUT2D eigenvalue weighted by atomic mass is 79.9. The van der Waals surface area contributed by atoms with E-state index in [-0.39, 0.29) is 13.1 Å². The van der Waals surface area contributed by atoms with E-state index < -0.39 is 32.4 Å². The van der Waals surface area contributed by atoms with E-state index in [4.69, 9.17) is 0 Å². The smallest absolute Gasteiger partial charge is 0.207 e. The van der Waals surface area contributed by atoms with Gasteiger partial charge in [0.2, 0.25) is 10.0 Å². The first kappa shape index (κ1) is 16.5. The Morgan fingerprint density at radius 2 is 1.74 bits per heavy atom. The van der Waals surface area contributed by atoms with Gasteiger partial charge in [-0.15, -0.1) is 0 Å². The van der Waals surface area contributed by atoms with Crippen LogP contribution in [0, 0.1) is 17.5 Å². The van der Waals surface area contributed by atoms with Gasteiger partial charge < -0.3 is 0 Å². The average Bonchev–Trinajstić information content (AvgIpc) is 2.27. The second kappa shape index (κ2) is 6.71. The van der Waals surface area contributed by atoms with Crippen LogP contribution >= 0.6 is 15.9 Å². The molecule has 1 aromatic rings. The molecule has 0 aliphatic heterocycles. The fourth-order valence-electron chi connectivity index (χ4n) is 1.59. The van der Waals surface area contributed by atoms with Crippen LogP contribution in [-0.4, -0.2) is 31.1 Å². The van der Waals surface area contributed by atoms with E-state index in [1.165, 1.54) is 0 Å². The summed E-state index contributed by atoms with van der Waals surface area (Å²) in [6, 6.07) is 0.711. The normalized spacial score (nSPS) is 12.1. The topological polar surface area (TPSA) is 37.4 Å². The molecule has 0 aromatic heterocycles. The maximum atomic E-state index is 13.5. The number of alkyl halides is 1. The van der Waals surface area contributed by atoms with Crippen LogP contribution in [0.5, 0.6) is 0 Å². The second-order valence-electron chi connectivity index (χ2n) is 3.74. The Balaban J connectivity index is 3.26. The summed E-state index contributed by atoms with van der Waals surface area (Å²) in [7, 11) is -4.31. The fraction of sp³-hybridized carbons (Fsp3) is 0.455. The molecule has 0 saturated carbocycles. The molecule has 0 radical (unpaired) electrons. The van der Waals surface area contributed by atoms with Crippen molar-refractivity contribution in [1.29, 1.82) is 0 Å². The Bertz CT molecular complexity index is 528. The summed E-state index contributed by atoms with van der Waals surface area (Å²) in [4.78, 5) is -1.11. The average molecular weight is 360 g/mol. The molecule has 19 heavy (non-hydrogen) atoms. The van der Waals surface area contributed by atoms with Gasteiger partial charge in [-0.25, -0.2) is 21.6 Å². The quantitative estimate of drug-likeness (QED) is 0.732. The second-order valence-corrected chi connectivity index (χ2v) is 6.41. The highest BCUT2D eigenvalue weighted by Gasteiger charge is 2.30. The van der Waals surface area contributed by atoms with Crippen molar-refractivity contribution in [3.8, 4) is 0 Å². The molecule has 108 valence electrons. The predicted octanol–water partition coefficient (Wildman–Crippen LogP) is 2.90.